The first-order valence-electron chi connectivity index (χ1n) is 14.4. The minimum absolute atomic E-state index is 0.663. The van der Waals surface area contributed by atoms with E-state index in [1.807, 2.05) is 30.3 Å². The van der Waals surface area contributed by atoms with Crippen molar-refractivity contribution in [2.75, 3.05) is 9.80 Å². The first-order chi connectivity index (χ1) is 21.2. The zero-order valence-electron chi connectivity index (χ0n) is 23.5. The summed E-state index contributed by atoms with van der Waals surface area (Å²) in [4.78, 5) is 4.55. The van der Waals surface area contributed by atoms with Crippen molar-refractivity contribution in [3.8, 4) is 11.1 Å². The molecular weight excluding hydrogens is 544 g/mol. The van der Waals surface area contributed by atoms with Crippen LogP contribution in [0, 0.1) is 0 Å². The third-order valence-corrected chi connectivity index (χ3v) is 7.87. The molecule has 7 rings (SSSR count). The number of hydrogen-bond acceptors (Lipinski definition) is 2. The Morgan fingerprint density at radius 2 is 0.837 bits per heavy atom. The second kappa shape index (κ2) is 11.9. The van der Waals surface area contributed by atoms with Gasteiger partial charge in [-0.2, -0.15) is 0 Å². The number of hydrogen-bond donors (Lipinski definition) is 0. The van der Waals surface area contributed by atoms with Crippen molar-refractivity contribution in [1.29, 1.82) is 0 Å². The van der Waals surface area contributed by atoms with E-state index in [4.69, 9.17) is 11.6 Å². The zero-order valence-corrected chi connectivity index (χ0v) is 24.3. The number of anilines is 6. The Kier molecular flexibility index (Phi) is 7.35. The molecule has 0 aromatic heterocycles. The molecule has 0 bridgehead atoms. The molecule has 43 heavy (non-hydrogen) atoms. The van der Waals surface area contributed by atoms with E-state index in [-0.39, 0.29) is 0 Å². The summed E-state index contributed by atoms with van der Waals surface area (Å²) in [5.74, 6) is 0. The van der Waals surface area contributed by atoms with E-state index >= 15 is 0 Å². The fourth-order valence-electron chi connectivity index (χ4n) is 5.68. The van der Waals surface area contributed by atoms with Crippen LogP contribution in [0.2, 0.25) is 5.02 Å². The van der Waals surface area contributed by atoms with Gasteiger partial charge < -0.3 is 9.80 Å². The van der Waals surface area contributed by atoms with Crippen molar-refractivity contribution in [3.63, 3.8) is 0 Å². The molecule has 7 aromatic rings. The third-order valence-electron chi connectivity index (χ3n) is 7.65. The predicted molar refractivity (Wildman–Crippen MR) is 184 cm³/mol. The van der Waals surface area contributed by atoms with Crippen LogP contribution in [0.1, 0.15) is 0 Å². The van der Waals surface area contributed by atoms with Gasteiger partial charge in [-0.15, -0.1) is 0 Å². The maximum absolute atomic E-state index is 6.96. The lowest BCUT2D eigenvalue weighted by molar-refractivity contribution is 1.25. The van der Waals surface area contributed by atoms with Crippen molar-refractivity contribution in [3.05, 3.63) is 181 Å². The smallest absolute Gasteiger partial charge is 0.0540 e. The van der Waals surface area contributed by atoms with Crippen molar-refractivity contribution >= 4 is 56.5 Å². The van der Waals surface area contributed by atoms with Gasteiger partial charge in [0.2, 0.25) is 0 Å². The van der Waals surface area contributed by atoms with Gasteiger partial charge >= 0.3 is 0 Å². The summed E-state index contributed by atoms with van der Waals surface area (Å²) in [6.07, 6.45) is 0. The summed E-state index contributed by atoms with van der Waals surface area (Å²) >= 11 is 6.96. The van der Waals surface area contributed by atoms with E-state index in [9.17, 15) is 0 Å². The molecule has 0 saturated carbocycles. The Balaban J connectivity index is 1.42. The molecule has 0 unspecified atom stereocenters. The molecule has 0 fully saturated rings. The van der Waals surface area contributed by atoms with Gasteiger partial charge in [-0.1, -0.05) is 127 Å². The highest BCUT2D eigenvalue weighted by molar-refractivity contribution is 6.31. The van der Waals surface area contributed by atoms with Crippen LogP contribution in [0.3, 0.4) is 0 Å². The monoisotopic (exact) mass is 572 g/mol. The molecule has 0 spiro atoms. The molecule has 0 saturated heterocycles. The van der Waals surface area contributed by atoms with Crippen LogP contribution in [0.15, 0.2) is 176 Å². The SMILES string of the molecule is Clc1cc(N(c2ccccc2)c2ccccc2)cc(N(c2ccc(-c3ccccc3)cc2)c2cccc3ccccc23)c1. The van der Waals surface area contributed by atoms with Gasteiger partial charge in [0.25, 0.3) is 0 Å². The average molecular weight is 573 g/mol. The molecule has 7 aromatic carbocycles. The minimum atomic E-state index is 0.663. The molecule has 0 heterocycles. The number of rotatable bonds is 7. The van der Waals surface area contributed by atoms with Crippen molar-refractivity contribution in [2.45, 2.75) is 0 Å². The Morgan fingerprint density at radius 1 is 0.349 bits per heavy atom. The number of nitrogens with zero attached hydrogens (tertiary/aromatic N) is 2. The molecule has 0 aliphatic carbocycles. The van der Waals surface area contributed by atoms with Crippen molar-refractivity contribution in [1.82, 2.24) is 0 Å². The largest absolute Gasteiger partial charge is 0.310 e. The summed E-state index contributed by atoms with van der Waals surface area (Å²) in [6.45, 7) is 0. The van der Waals surface area contributed by atoms with Crippen LogP contribution in [0.25, 0.3) is 21.9 Å². The topological polar surface area (TPSA) is 6.48 Å². The fourth-order valence-corrected chi connectivity index (χ4v) is 5.91. The second-order valence-electron chi connectivity index (χ2n) is 10.4. The Hall–Kier alpha value is -5.31. The second-order valence-corrected chi connectivity index (χ2v) is 10.9. The Bertz CT molecular complexity index is 1930. The molecule has 0 N–H and O–H groups in total. The Morgan fingerprint density at radius 3 is 1.49 bits per heavy atom. The molecule has 2 nitrogen and oxygen atoms in total. The van der Waals surface area contributed by atoms with E-state index in [2.05, 4.69) is 155 Å². The lowest BCUT2D eigenvalue weighted by Crippen LogP contribution is -2.13. The van der Waals surface area contributed by atoms with E-state index in [0.29, 0.717) is 5.02 Å². The zero-order chi connectivity index (χ0) is 29.0. The van der Waals surface area contributed by atoms with E-state index in [1.165, 1.54) is 21.9 Å². The maximum Gasteiger partial charge on any atom is 0.0540 e. The quantitative estimate of drug-likeness (QED) is 0.187. The van der Waals surface area contributed by atoms with Crippen LogP contribution in [0.5, 0.6) is 0 Å². The maximum atomic E-state index is 6.96. The molecule has 0 atom stereocenters. The summed E-state index contributed by atoms with van der Waals surface area (Å²) < 4.78 is 0. The highest BCUT2D eigenvalue weighted by Gasteiger charge is 2.19. The van der Waals surface area contributed by atoms with Gasteiger partial charge in [-0.3, -0.25) is 0 Å². The summed E-state index contributed by atoms with van der Waals surface area (Å²) in [5.41, 5.74) is 8.58. The normalized spacial score (nSPS) is 10.9. The van der Waals surface area contributed by atoms with Gasteiger partial charge in [0.05, 0.1) is 5.69 Å². The Labute approximate surface area is 257 Å². The van der Waals surface area contributed by atoms with Crippen molar-refractivity contribution < 1.29 is 0 Å². The van der Waals surface area contributed by atoms with Gasteiger partial charge in [-0.05, 0) is 77.2 Å². The molecule has 0 aliphatic heterocycles. The van der Waals surface area contributed by atoms with Crippen LogP contribution in [-0.2, 0) is 0 Å². The fraction of sp³-hybridized carbons (Fsp3) is 0. The number of fused-ring (bicyclic) bond motifs is 1. The van der Waals surface area contributed by atoms with Crippen molar-refractivity contribution in [2.24, 2.45) is 0 Å². The minimum Gasteiger partial charge on any atom is -0.310 e. The number of benzene rings is 7. The molecule has 0 amide bonds. The molecule has 3 heteroatoms. The van der Waals surface area contributed by atoms with Gasteiger partial charge in [0, 0.05) is 38.8 Å². The van der Waals surface area contributed by atoms with Gasteiger partial charge in [-0.25, -0.2) is 0 Å². The average Bonchev–Trinajstić information content (AvgIpc) is 3.07. The lowest BCUT2D eigenvalue weighted by atomic mass is 10.0. The van der Waals surface area contributed by atoms with Crippen LogP contribution in [-0.4, -0.2) is 0 Å². The lowest BCUT2D eigenvalue weighted by Gasteiger charge is -2.30. The number of halogens is 1. The van der Waals surface area contributed by atoms with E-state index < -0.39 is 0 Å². The highest BCUT2D eigenvalue weighted by atomic mass is 35.5. The molecule has 206 valence electrons. The highest BCUT2D eigenvalue weighted by Crippen LogP contribution is 2.44. The summed E-state index contributed by atoms with van der Waals surface area (Å²) in [7, 11) is 0. The predicted octanol–water partition coefficient (Wildman–Crippen LogP) is 12.1. The van der Waals surface area contributed by atoms with Gasteiger partial charge in [0.15, 0.2) is 0 Å². The van der Waals surface area contributed by atoms with Crippen LogP contribution in [0.4, 0.5) is 34.1 Å². The standard InChI is InChI=1S/C40H29ClN2/c41-33-27-37(42(34-17-6-2-7-18-34)35-19-8-3-9-20-35)29-38(28-33)43(40-22-12-16-32-15-10-11-21-39(32)40)36-25-23-31(24-26-36)30-13-4-1-5-14-30/h1-29H. The molecule has 0 radical (unpaired) electrons. The summed E-state index contributed by atoms with van der Waals surface area (Å²) in [5, 5.41) is 3.01. The summed E-state index contributed by atoms with van der Waals surface area (Å²) in [6, 6.07) is 61.3. The number of para-hydroxylation sites is 2. The third kappa shape index (κ3) is 5.49. The van der Waals surface area contributed by atoms with E-state index in [0.717, 1.165) is 34.1 Å². The first kappa shape index (κ1) is 26.6. The molecule has 0 aliphatic rings. The molecular formula is C40H29ClN2. The first-order valence-corrected chi connectivity index (χ1v) is 14.8. The van der Waals surface area contributed by atoms with Gasteiger partial charge in [0.1, 0.15) is 0 Å². The van der Waals surface area contributed by atoms with Crippen LogP contribution >= 0.6 is 11.6 Å². The van der Waals surface area contributed by atoms with E-state index in [1.54, 1.807) is 0 Å². The van der Waals surface area contributed by atoms with Crippen LogP contribution < -0.4 is 9.80 Å².